The maximum atomic E-state index is 5.45. The smallest absolute Gasteiger partial charge is 0.213 e. The van der Waals surface area contributed by atoms with Crippen LogP contribution in [-0.2, 0) is 6.54 Å². The van der Waals surface area contributed by atoms with Crippen LogP contribution in [0.15, 0.2) is 40.8 Å². The third-order valence-electron chi connectivity index (χ3n) is 2.96. The maximum absolute atomic E-state index is 5.45. The van der Waals surface area contributed by atoms with Crippen LogP contribution in [-0.4, -0.2) is 17.1 Å². The molecular weight excluding hydrogens is 254 g/mol. The molecule has 5 heteroatoms. The highest BCUT2D eigenvalue weighted by atomic mass is 16.5. The van der Waals surface area contributed by atoms with Crippen LogP contribution in [0.2, 0.25) is 0 Å². The summed E-state index contributed by atoms with van der Waals surface area (Å²) in [6.45, 7) is 2.47. The zero-order chi connectivity index (χ0) is 13.9. The van der Waals surface area contributed by atoms with E-state index < -0.39 is 0 Å². The van der Waals surface area contributed by atoms with E-state index >= 15 is 0 Å². The molecule has 0 aliphatic carbocycles. The van der Waals surface area contributed by atoms with Crippen LogP contribution in [0.3, 0.4) is 0 Å². The highest BCUT2D eigenvalue weighted by molar-refractivity contribution is 5.77. The first-order valence-corrected chi connectivity index (χ1v) is 6.35. The molecule has 20 heavy (non-hydrogen) atoms. The van der Waals surface area contributed by atoms with Crippen LogP contribution in [0.5, 0.6) is 5.88 Å². The second-order valence-electron chi connectivity index (χ2n) is 4.44. The zero-order valence-electron chi connectivity index (χ0n) is 11.4. The van der Waals surface area contributed by atoms with Gasteiger partial charge in [-0.25, -0.2) is 9.97 Å². The number of oxazole rings is 1. The Morgan fingerprint density at radius 3 is 2.95 bits per heavy atom. The number of hydrogen-bond donors (Lipinski definition) is 1. The van der Waals surface area contributed by atoms with E-state index in [1.807, 2.05) is 43.3 Å². The Morgan fingerprint density at radius 2 is 2.10 bits per heavy atom. The molecule has 102 valence electrons. The van der Waals surface area contributed by atoms with E-state index in [0.717, 1.165) is 22.5 Å². The second-order valence-corrected chi connectivity index (χ2v) is 4.44. The molecule has 0 unspecified atom stereocenters. The Bertz CT molecular complexity index is 737. The summed E-state index contributed by atoms with van der Waals surface area (Å²) in [6, 6.07) is 11.5. The molecule has 1 N–H and O–H groups in total. The molecule has 3 rings (SSSR count). The van der Waals surface area contributed by atoms with Gasteiger partial charge in [-0.15, -0.1) is 0 Å². The van der Waals surface area contributed by atoms with Crippen LogP contribution < -0.4 is 10.1 Å². The highest BCUT2D eigenvalue weighted by Gasteiger charge is 2.03. The fraction of sp³-hybridized carbons (Fsp3) is 0.200. The number of methoxy groups -OCH3 is 1. The number of benzene rings is 1. The summed E-state index contributed by atoms with van der Waals surface area (Å²) in [4.78, 5) is 8.67. The first kappa shape index (κ1) is 12.5. The summed E-state index contributed by atoms with van der Waals surface area (Å²) in [7, 11) is 1.61. The number of ether oxygens (including phenoxy) is 1. The predicted molar refractivity (Wildman–Crippen MR) is 76.9 cm³/mol. The van der Waals surface area contributed by atoms with Gasteiger partial charge in [-0.2, -0.15) is 0 Å². The number of nitrogens with one attached hydrogen (secondary N) is 1. The molecule has 0 bridgehead atoms. The fourth-order valence-corrected chi connectivity index (χ4v) is 2.01. The lowest BCUT2D eigenvalue weighted by atomic mass is 10.2. The van der Waals surface area contributed by atoms with Gasteiger partial charge in [0.15, 0.2) is 11.5 Å². The topological polar surface area (TPSA) is 60.2 Å². The number of hydrogen-bond acceptors (Lipinski definition) is 5. The van der Waals surface area contributed by atoms with E-state index in [-0.39, 0.29) is 0 Å². The van der Waals surface area contributed by atoms with Crippen LogP contribution in [0.4, 0.5) is 5.69 Å². The summed E-state index contributed by atoms with van der Waals surface area (Å²) in [5.41, 5.74) is 3.55. The van der Waals surface area contributed by atoms with Crippen molar-refractivity contribution in [3.8, 4) is 5.88 Å². The SMILES string of the molecule is COc1cccc(CNc2ccc3oc(C)nc3c2)n1. The molecule has 0 fully saturated rings. The van der Waals surface area contributed by atoms with Crippen molar-refractivity contribution in [2.75, 3.05) is 12.4 Å². The van der Waals surface area contributed by atoms with Crippen molar-refractivity contribution in [3.05, 3.63) is 48.0 Å². The molecule has 1 aromatic carbocycles. The van der Waals surface area contributed by atoms with Gasteiger partial charge < -0.3 is 14.5 Å². The number of aryl methyl sites for hydroxylation is 1. The quantitative estimate of drug-likeness (QED) is 0.788. The molecule has 0 aliphatic rings. The van der Waals surface area contributed by atoms with Crippen LogP contribution >= 0.6 is 0 Å². The first-order valence-electron chi connectivity index (χ1n) is 6.35. The Morgan fingerprint density at radius 1 is 1.20 bits per heavy atom. The van der Waals surface area contributed by atoms with Crippen molar-refractivity contribution in [1.29, 1.82) is 0 Å². The monoisotopic (exact) mass is 269 g/mol. The molecule has 0 atom stereocenters. The van der Waals surface area contributed by atoms with Crippen LogP contribution in [0.25, 0.3) is 11.1 Å². The molecule has 3 aromatic rings. The number of aromatic nitrogens is 2. The fourth-order valence-electron chi connectivity index (χ4n) is 2.01. The molecule has 0 radical (unpaired) electrons. The normalized spacial score (nSPS) is 10.7. The third kappa shape index (κ3) is 2.56. The maximum Gasteiger partial charge on any atom is 0.213 e. The van der Waals surface area contributed by atoms with Crippen molar-refractivity contribution < 1.29 is 9.15 Å². The number of pyridine rings is 1. The minimum Gasteiger partial charge on any atom is -0.481 e. The van der Waals surface area contributed by atoms with Gasteiger partial charge in [0.25, 0.3) is 0 Å². The minimum absolute atomic E-state index is 0.617. The molecule has 5 nitrogen and oxygen atoms in total. The molecule has 0 saturated carbocycles. The lowest BCUT2D eigenvalue weighted by Crippen LogP contribution is -2.02. The van der Waals surface area contributed by atoms with Gasteiger partial charge in [-0.3, -0.25) is 0 Å². The number of rotatable bonds is 4. The van der Waals surface area contributed by atoms with Gasteiger partial charge >= 0.3 is 0 Å². The number of fused-ring (bicyclic) bond motifs is 1. The molecule has 0 saturated heterocycles. The summed E-state index contributed by atoms with van der Waals surface area (Å²) < 4.78 is 10.6. The van der Waals surface area contributed by atoms with Gasteiger partial charge in [-0.05, 0) is 24.3 Å². The average molecular weight is 269 g/mol. The van der Waals surface area contributed by atoms with Gasteiger partial charge in [-0.1, -0.05) is 6.07 Å². The van der Waals surface area contributed by atoms with Crippen molar-refractivity contribution in [1.82, 2.24) is 9.97 Å². The van der Waals surface area contributed by atoms with E-state index in [1.54, 1.807) is 7.11 Å². The zero-order valence-corrected chi connectivity index (χ0v) is 11.4. The Balaban J connectivity index is 1.75. The van der Waals surface area contributed by atoms with Crippen LogP contribution in [0, 0.1) is 6.92 Å². The standard InChI is InChI=1S/C15H15N3O2/c1-10-17-13-8-11(6-7-14(13)20-10)16-9-12-4-3-5-15(18-12)19-2/h3-8,16H,9H2,1-2H3. The van der Waals surface area contributed by atoms with E-state index in [0.29, 0.717) is 18.3 Å². The first-order chi connectivity index (χ1) is 9.74. The minimum atomic E-state index is 0.617. The van der Waals surface area contributed by atoms with Crippen molar-refractivity contribution in [2.45, 2.75) is 13.5 Å². The van der Waals surface area contributed by atoms with Gasteiger partial charge in [0.2, 0.25) is 5.88 Å². The van der Waals surface area contributed by atoms with Crippen molar-refractivity contribution >= 4 is 16.8 Å². The second kappa shape index (κ2) is 5.21. The van der Waals surface area contributed by atoms with E-state index in [9.17, 15) is 0 Å². The van der Waals surface area contributed by atoms with Crippen molar-refractivity contribution in [2.24, 2.45) is 0 Å². The highest BCUT2D eigenvalue weighted by Crippen LogP contribution is 2.20. The number of anilines is 1. The molecule has 2 heterocycles. The summed E-state index contributed by atoms with van der Waals surface area (Å²) in [6.07, 6.45) is 0. The molecule has 0 aliphatic heterocycles. The Hall–Kier alpha value is -2.56. The van der Waals surface area contributed by atoms with E-state index in [1.165, 1.54) is 0 Å². The van der Waals surface area contributed by atoms with Gasteiger partial charge in [0, 0.05) is 18.7 Å². The molecule has 0 amide bonds. The third-order valence-corrected chi connectivity index (χ3v) is 2.96. The lowest BCUT2D eigenvalue weighted by Gasteiger charge is -2.06. The molecule has 0 spiro atoms. The van der Waals surface area contributed by atoms with Gasteiger partial charge in [0.05, 0.1) is 19.3 Å². The summed E-state index contributed by atoms with van der Waals surface area (Å²) in [5.74, 6) is 1.29. The largest absolute Gasteiger partial charge is 0.481 e. The average Bonchev–Trinajstić information content (AvgIpc) is 2.84. The van der Waals surface area contributed by atoms with E-state index in [4.69, 9.17) is 9.15 Å². The van der Waals surface area contributed by atoms with Gasteiger partial charge in [0.1, 0.15) is 5.52 Å². The Kier molecular flexibility index (Phi) is 3.25. The molecular formula is C15H15N3O2. The van der Waals surface area contributed by atoms with Crippen LogP contribution in [0.1, 0.15) is 11.6 Å². The van der Waals surface area contributed by atoms with E-state index in [2.05, 4.69) is 15.3 Å². The summed E-state index contributed by atoms with van der Waals surface area (Å²) >= 11 is 0. The summed E-state index contributed by atoms with van der Waals surface area (Å²) in [5, 5.41) is 3.31. The molecule has 2 aromatic heterocycles. The lowest BCUT2D eigenvalue weighted by molar-refractivity contribution is 0.396. The predicted octanol–water partition coefficient (Wildman–Crippen LogP) is 3.15. The number of nitrogens with zero attached hydrogens (tertiary/aromatic N) is 2. The Labute approximate surface area is 116 Å². The van der Waals surface area contributed by atoms with Crippen molar-refractivity contribution in [3.63, 3.8) is 0 Å².